The molecule has 3 nitrogen and oxygen atoms in total. The number of benzene rings is 2. The first kappa shape index (κ1) is 10.4. The third kappa shape index (κ3) is 1.61. The van der Waals surface area contributed by atoms with E-state index in [1.165, 1.54) is 6.07 Å². The van der Waals surface area contributed by atoms with E-state index >= 15 is 0 Å². The van der Waals surface area contributed by atoms with Crippen LogP contribution in [0.5, 0.6) is 5.75 Å². The van der Waals surface area contributed by atoms with Gasteiger partial charge in [-0.1, -0.05) is 15.9 Å². The van der Waals surface area contributed by atoms with Gasteiger partial charge in [-0.3, -0.25) is 0 Å². The van der Waals surface area contributed by atoms with E-state index < -0.39 is 5.63 Å². The number of halogens is 1. The number of rotatable bonds is 0. The van der Waals surface area contributed by atoms with Gasteiger partial charge in [-0.2, -0.15) is 0 Å². The Balaban J connectivity index is 2.60. The van der Waals surface area contributed by atoms with E-state index in [1.807, 2.05) is 12.1 Å². The standard InChI is InChI=1S/C13H7BrO3/c14-7-1-3-10-9-4-2-8(15)6-11(9)13(16)17-12(10)5-7/h1-6,15H. The van der Waals surface area contributed by atoms with Gasteiger partial charge in [0.2, 0.25) is 0 Å². The maximum Gasteiger partial charge on any atom is 0.344 e. The molecule has 0 aliphatic rings. The largest absolute Gasteiger partial charge is 0.508 e. The molecule has 0 aliphatic heterocycles. The summed E-state index contributed by atoms with van der Waals surface area (Å²) in [4.78, 5) is 11.8. The monoisotopic (exact) mass is 290 g/mol. The molecule has 0 unspecified atom stereocenters. The van der Waals surface area contributed by atoms with E-state index in [-0.39, 0.29) is 5.75 Å². The molecule has 0 fully saturated rings. The second-order valence-electron chi connectivity index (χ2n) is 3.76. The number of phenols is 1. The van der Waals surface area contributed by atoms with Gasteiger partial charge in [-0.25, -0.2) is 4.79 Å². The van der Waals surface area contributed by atoms with E-state index in [0.717, 1.165) is 15.2 Å². The summed E-state index contributed by atoms with van der Waals surface area (Å²) in [6.45, 7) is 0. The lowest BCUT2D eigenvalue weighted by Crippen LogP contribution is -1.99. The van der Waals surface area contributed by atoms with Crippen molar-refractivity contribution < 1.29 is 9.52 Å². The fourth-order valence-electron chi connectivity index (χ4n) is 1.89. The fourth-order valence-corrected chi connectivity index (χ4v) is 2.23. The van der Waals surface area contributed by atoms with Gasteiger partial charge in [-0.05, 0) is 36.4 Å². The molecule has 17 heavy (non-hydrogen) atoms. The molecule has 84 valence electrons. The van der Waals surface area contributed by atoms with E-state index in [1.54, 1.807) is 18.2 Å². The molecule has 0 saturated heterocycles. The Morgan fingerprint density at radius 3 is 2.59 bits per heavy atom. The van der Waals surface area contributed by atoms with Crippen molar-refractivity contribution in [3.63, 3.8) is 0 Å². The molecule has 0 bridgehead atoms. The maximum atomic E-state index is 11.8. The third-order valence-electron chi connectivity index (χ3n) is 2.66. The van der Waals surface area contributed by atoms with Crippen LogP contribution >= 0.6 is 15.9 Å². The molecule has 0 saturated carbocycles. The summed E-state index contributed by atoms with van der Waals surface area (Å²) in [6, 6.07) is 10.2. The summed E-state index contributed by atoms with van der Waals surface area (Å²) < 4.78 is 6.07. The van der Waals surface area contributed by atoms with Gasteiger partial charge in [0.15, 0.2) is 0 Å². The van der Waals surface area contributed by atoms with Crippen LogP contribution in [0.2, 0.25) is 0 Å². The summed E-state index contributed by atoms with van der Waals surface area (Å²) in [5, 5.41) is 11.4. The molecule has 0 amide bonds. The van der Waals surface area contributed by atoms with E-state index in [2.05, 4.69) is 15.9 Å². The van der Waals surface area contributed by atoms with Crippen molar-refractivity contribution in [2.24, 2.45) is 0 Å². The highest BCUT2D eigenvalue weighted by Gasteiger charge is 2.08. The highest BCUT2D eigenvalue weighted by atomic mass is 79.9. The molecule has 3 rings (SSSR count). The van der Waals surface area contributed by atoms with Gasteiger partial charge in [0, 0.05) is 15.2 Å². The minimum atomic E-state index is -0.443. The number of phenolic OH excluding ortho intramolecular Hbond substituents is 1. The van der Waals surface area contributed by atoms with Crippen LogP contribution in [0.1, 0.15) is 0 Å². The highest BCUT2D eigenvalue weighted by molar-refractivity contribution is 9.10. The summed E-state index contributed by atoms with van der Waals surface area (Å²) >= 11 is 3.33. The van der Waals surface area contributed by atoms with E-state index in [4.69, 9.17) is 4.42 Å². The summed E-state index contributed by atoms with van der Waals surface area (Å²) in [6.07, 6.45) is 0. The van der Waals surface area contributed by atoms with Crippen molar-refractivity contribution in [1.29, 1.82) is 0 Å². The third-order valence-corrected chi connectivity index (χ3v) is 3.15. The molecule has 4 heteroatoms. The van der Waals surface area contributed by atoms with Crippen LogP contribution < -0.4 is 5.63 Å². The molecule has 0 aliphatic carbocycles. The molecule has 1 heterocycles. The van der Waals surface area contributed by atoms with Crippen molar-refractivity contribution in [3.8, 4) is 5.75 Å². The average molecular weight is 291 g/mol. The van der Waals surface area contributed by atoms with Gasteiger partial charge in [0.1, 0.15) is 11.3 Å². The van der Waals surface area contributed by atoms with Crippen LogP contribution in [0.3, 0.4) is 0 Å². The Bertz CT molecular complexity index is 790. The smallest absolute Gasteiger partial charge is 0.344 e. The average Bonchev–Trinajstić information content (AvgIpc) is 2.29. The quantitative estimate of drug-likeness (QED) is 0.510. The van der Waals surface area contributed by atoms with Crippen LogP contribution in [-0.2, 0) is 0 Å². The van der Waals surface area contributed by atoms with Crippen molar-refractivity contribution in [1.82, 2.24) is 0 Å². The van der Waals surface area contributed by atoms with Crippen molar-refractivity contribution >= 4 is 37.7 Å². The SMILES string of the molecule is O=c1oc2cc(Br)ccc2c2ccc(O)cc12. The van der Waals surface area contributed by atoms with Gasteiger partial charge >= 0.3 is 5.63 Å². The van der Waals surface area contributed by atoms with Gasteiger partial charge in [0.25, 0.3) is 0 Å². The van der Waals surface area contributed by atoms with Crippen molar-refractivity contribution in [2.75, 3.05) is 0 Å². The van der Waals surface area contributed by atoms with Crippen molar-refractivity contribution in [3.05, 3.63) is 51.3 Å². The molecular weight excluding hydrogens is 284 g/mol. The molecule has 1 aromatic heterocycles. The maximum absolute atomic E-state index is 11.8. The van der Waals surface area contributed by atoms with Crippen LogP contribution in [0, 0.1) is 0 Å². The number of aromatic hydroxyl groups is 1. The van der Waals surface area contributed by atoms with Gasteiger partial charge in [-0.15, -0.1) is 0 Å². The van der Waals surface area contributed by atoms with E-state index in [0.29, 0.717) is 11.0 Å². The summed E-state index contributed by atoms with van der Waals surface area (Å²) in [7, 11) is 0. The number of hydrogen-bond acceptors (Lipinski definition) is 3. The zero-order valence-electron chi connectivity index (χ0n) is 8.61. The zero-order chi connectivity index (χ0) is 12.0. The van der Waals surface area contributed by atoms with Crippen LogP contribution in [0.15, 0.2) is 50.1 Å². The van der Waals surface area contributed by atoms with Crippen LogP contribution in [0.25, 0.3) is 21.7 Å². The van der Waals surface area contributed by atoms with Crippen molar-refractivity contribution in [2.45, 2.75) is 0 Å². The predicted octanol–water partition coefficient (Wildman–Crippen LogP) is 3.41. The summed E-state index contributed by atoms with van der Waals surface area (Å²) in [5.74, 6) is 0.0567. The zero-order valence-corrected chi connectivity index (χ0v) is 10.2. The second kappa shape index (κ2) is 3.60. The highest BCUT2D eigenvalue weighted by Crippen LogP contribution is 2.27. The lowest BCUT2D eigenvalue weighted by atomic mass is 10.1. The second-order valence-corrected chi connectivity index (χ2v) is 4.68. The molecule has 0 spiro atoms. The Labute approximate surface area is 104 Å². The Morgan fingerprint density at radius 2 is 1.76 bits per heavy atom. The Morgan fingerprint density at radius 1 is 1.00 bits per heavy atom. The molecular formula is C13H7BrO3. The topological polar surface area (TPSA) is 50.4 Å². The first-order chi connectivity index (χ1) is 8.15. The van der Waals surface area contributed by atoms with Gasteiger partial charge in [0.05, 0.1) is 5.39 Å². The van der Waals surface area contributed by atoms with Crippen LogP contribution in [0.4, 0.5) is 0 Å². The summed E-state index contributed by atoms with van der Waals surface area (Å²) in [5.41, 5.74) is 0.0871. The number of fused-ring (bicyclic) bond motifs is 3. The molecule has 0 atom stereocenters. The first-order valence-corrected chi connectivity index (χ1v) is 5.79. The lowest BCUT2D eigenvalue weighted by Gasteiger charge is -2.03. The first-order valence-electron chi connectivity index (χ1n) is 5.00. The van der Waals surface area contributed by atoms with Gasteiger partial charge < -0.3 is 9.52 Å². The Hall–Kier alpha value is -1.81. The normalized spacial score (nSPS) is 11.1. The molecule has 0 radical (unpaired) electrons. The lowest BCUT2D eigenvalue weighted by molar-refractivity contribution is 0.475. The predicted molar refractivity (Wildman–Crippen MR) is 69.4 cm³/mol. The molecule has 2 aromatic carbocycles. The minimum absolute atomic E-state index is 0.0567. The fraction of sp³-hybridized carbons (Fsp3) is 0. The number of hydrogen-bond donors (Lipinski definition) is 1. The minimum Gasteiger partial charge on any atom is -0.508 e. The molecule has 3 aromatic rings. The molecule has 1 N–H and O–H groups in total. The Kier molecular flexibility index (Phi) is 2.19. The van der Waals surface area contributed by atoms with Crippen LogP contribution in [-0.4, -0.2) is 5.11 Å². The van der Waals surface area contributed by atoms with E-state index in [9.17, 15) is 9.90 Å².